The second-order valence-corrected chi connectivity index (χ2v) is 7.54. The monoisotopic (exact) mass is 405 g/mol. The molecule has 7 nitrogen and oxygen atoms in total. The fourth-order valence-corrected chi connectivity index (χ4v) is 3.69. The van der Waals surface area contributed by atoms with Crippen LogP contribution in [0.2, 0.25) is 5.02 Å². The highest BCUT2D eigenvalue weighted by Gasteiger charge is 2.20. The van der Waals surface area contributed by atoms with Gasteiger partial charge >= 0.3 is 6.43 Å². The van der Waals surface area contributed by atoms with Gasteiger partial charge in [-0.2, -0.15) is 8.78 Å². The predicted octanol–water partition coefficient (Wildman–Crippen LogP) is 3.48. The van der Waals surface area contributed by atoms with Gasteiger partial charge < -0.3 is 4.42 Å². The van der Waals surface area contributed by atoms with Gasteiger partial charge in [-0.05, 0) is 6.07 Å². The summed E-state index contributed by atoms with van der Waals surface area (Å²) in [6.45, 7) is 0.263. The molecule has 0 aliphatic heterocycles. The number of thiazole rings is 1. The SMILES string of the molecule is CS(=O)N(Cc1cnc(-c2nnc(C(F)F)o2)s1)c1cncc(Cl)c1. The molecule has 25 heavy (non-hydrogen) atoms. The van der Waals surface area contributed by atoms with Crippen molar-refractivity contribution in [2.45, 2.75) is 13.0 Å². The van der Waals surface area contributed by atoms with Gasteiger partial charge in [0.2, 0.25) is 0 Å². The average Bonchev–Trinajstić information content (AvgIpc) is 3.21. The highest BCUT2D eigenvalue weighted by molar-refractivity contribution is 7.85. The van der Waals surface area contributed by atoms with E-state index in [0.717, 1.165) is 4.88 Å². The number of halogens is 3. The molecule has 1 unspecified atom stereocenters. The fourth-order valence-electron chi connectivity index (χ4n) is 1.90. The third kappa shape index (κ3) is 4.17. The van der Waals surface area contributed by atoms with Gasteiger partial charge in [0.05, 0.1) is 23.5 Å². The summed E-state index contributed by atoms with van der Waals surface area (Å²) in [5.74, 6) is -0.840. The number of nitrogens with zero attached hydrogens (tertiary/aromatic N) is 5. The Morgan fingerprint density at radius 2 is 2.16 bits per heavy atom. The van der Waals surface area contributed by atoms with Crippen LogP contribution in [0.3, 0.4) is 0 Å². The minimum absolute atomic E-state index is 0.0832. The third-order valence-corrected chi connectivity index (χ3v) is 5.09. The van der Waals surface area contributed by atoms with E-state index >= 15 is 0 Å². The van der Waals surface area contributed by atoms with E-state index in [0.29, 0.717) is 15.7 Å². The number of pyridine rings is 1. The van der Waals surface area contributed by atoms with E-state index in [1.54, 1.807) is 16.6 Å². The maximum absolute atomic E-state index is 12.5. The molecule has 12 heteroatoms. The Morgan fingerprint density at radius 3 is 2.80 bits per heavy atom. The van der Waals surface area contributed by atoms with E-state index in [2.05, 4.69) is 20.2 Å². The van der Waals surface area contributed by atoms with Crippen molar-refractivity contribution in [2.24, 2.45) is 0 Å². The number of hydrogen-bond donors (Lipinski definition) is 0. The molecule has 0 aliphatic rings. The van der Waals surface area contributed by atoms with Crippen LogP contribution in [0, 0.1) is 0 Å². The van der Waals surface area contributed by atoms with Crippen molar-refractivity contribution in [2.75, 3.05) is 10.6 Å². The predicted molar refractivity (Wildman–Crippen MR) is 89.9 cm³/mol. The van der Waals surface area contributed by atoms with Gasteiger partial charge in [0.25, 0.3) is 11.8 Å². The topological polar surface area (TPSA) is 85.0 Å². The molecule has 0 amide bonds. The molecule has 132 valence electrons. The van der Waals surface area contributed by atoms with E-state index in [9.17, 15) is 13.0 Å². The van der Waals surface area contributed by atoms with Gasteiger partial charge in [0, 0.05) is 23.5 Å². The molecule has 1 atom stereocenters. The third-order valence-electron chi connectivity index (χ3n) is 2.95. The molecule has 3 aromatic heterocycles. The van der Waals surface area contributed by atoms with Crippen molar-refractivity contribution >= 4 is 39.6 Å². The van der Waals surface area contributed by atoms with Crippen LogP contribution in [0.25, 0.3) is 10.9 Å². The van der Waals surface area contributed by atoms with Crippen molar-refractivity contribution in [3.05, 3.63) is 40.4 Å². The number of alkyl halides is 2. The number of hydrogen-bond acceptors (Lipinski definition) is 7. The normalized spacial score (nSPS) is 12.5. The Kier molecular flexibility index (Phi) is 5.35. The van der Waals surface area contributed by atoms with Crippen LogP contribution in [0.5, 0.6) is 0 Å². The van der Waals surface area contributed by atoms with Crippen molar-refractivity contribution < 1.29 is 17.4 Å². The van der Waals surface area contributed by atoms with Crippen LogP contribution >= 0.6 is 22.9 Å². The van der Waals surface area contributed by atoms with Crippen molar-refractivity contribution in [1.82, 2.24) is 20.2 Å². The zero-order valence-corrected chi connectivity index (χ0v) is 15.0. The van der Waals surface area contributed by atoms with Gasteiger partial charge in [-0.15, -0.1) is 21.5 Å². The first-order chi connectivity index (χ1) is 11.9. The van der Waals surface area contributed by atoms with E-state index in [1.165, 1.54) is 30.0 Å². The lowest BCUT2D eigenvalue weighted by atomic mass is 10.4. The molecule has 0 saturated carbocycles. The second-order valence-electron chi connectivity index (χ2n) is 4.70. The van der Waals surface area contributed by atoms with Crippen LogP contribution in [-0.2, 0) is 17.5 Å². The Labute approximate surface area is 152 Å². The number of aromatic nitrogens is 4. The molecule has 3 aromatic rings. The Bertz CT molecular complexity index is 904. The van der Waals surface area contributed by atoms with Crippen LogP contribution in [0.1, 0.15) is 17.2 Å². The molecular weight excluding hydrogens is 396 g/mol. The summed E-state index contributed by atoms with van der Waals surface area (Å²) in [6.07, 6.45) is 3.24. The Hall–Kier alpha value is -1.98. The van der Waals surface area contributed by atoms with Gasteiger partial charge in [0.15, 0.2) is 5.01 Å². The van der Waals surface area contributed by atoms with E-state index in [1.807, 2.05) is 0 Å². The summed E-state index contributed by atoms with van der Waals surface area (Å²) in [6, 6.07) is 1.64. The van der Waals surface area contributed by atoms with E-state index in [-0.39, 0.29) is 12.4 Å². The summed E-state index contributed by atoms with van der Waals surface area (Å²) in [7, 11) is -1.34. The largest absolute Gasteiger partial charge is 0.413 e. The summed E-state index contributed by atoms with van der Waals surface area (Å²) in [5.41, 5.74) is 0.584. The quantitative estimate of drug-likeness (QED) is 0.624. The van der Waals surface area contributed by atoms with Gasteiger partial charge in [-0.3, -0.25) is 9.29 Å². The van der Waals surface area contributed by atoms with Crippen LogP contribution in [0.15, 0.2) is 29.1 Å². The maximum Gasteiger partial charge on any atom is 0.314 e. The molecule has 3 rings (SSSR count). The lowest BCUT2D eigenvalue weighted by Gasteiger charge is -2.20. The van der Waals surface area contributed by atoms with E-state index < -0.39 is 23.3 Å². The van der Waals surface area contributed by atoms with Crippen LogP contribution in [-0.4, -0.2) is 30.6 Å². The molecule has 0 fully saturated rings. The summed E-state index contributed by atoms with van der Waals surface area (Å²) < 4.78 is 43.5. The summed E-state index contributed by atoms with van der Waals surface area (Å²) in [5, 5.41) is 7.55. The fraction of sp³-hybridized carbons (Fsp3) is 0.231. The highest BCUT2D eigenvalue weighted by atomic mass is 35.5. The standard InChI is InChI=1S/C13H10ClF2N5O2S2/c1-25(22)21(8-2-7(14)3-17-4-8)6-9-5-18-13(24-9)12-20-19-11(23-12)10(15)16/h2-5,10H,6H2,1H3. The van der Waals surface area contributed by atoms with E-state index in [4.69, 9.17) is 16.0 Å². The zero-order chi connectivity index (χ0) is 18.0. The minimum Gasteiger partial charge on any atom is -0.413 e. The molecule has 0 saturated heterocycles. The van der Waals surface area contributed by atoms with Crippen LogP contribution in [0.4, 0.5) is 14.5 Å². The molecule has 0 aliphatic carbocycles. The molecule has 0 spiro atoms. The number of rotatable bonds is 6. The Morgan fingerprint density at radius 1 is 1.36 bits per heavy atom. The molecule has 0 N–H and O–H groups in total. The smallest absolute Gasteiger partial charge is 0.314 e. The van der Waals surface area contributed by atoms with Gasteiger partial charge in [-0.25, -0.2) is 9.19 Å². The lowest BCUT2D eigenvalue weighted by Crippen LogP contribution is -2.23. The maximum atomic E-state index is 12.5. The van der Waals surface area contributed by atoms with Gasteiger partial charge in [-0.1, -0.05) is 11.6 Å². The first-order valence-corrected chi connectivity index (χ1v) is 9.43. The summed E-state index contributed by atoms with van der Waals surface area (Å²) in [4.78, 5) is 8.79. The first-order valence-electron chi connectivity index (χ1n) is 6.72. The average molecular weight is 406 g/mol. The molecular formula is C13H10ClF2N5O2S2. The molecule has 3 heterocycles. The number of anilines is 1. The lowest BCUT2D eigenvalue weighted by molar-refractivity contribution is 0.116. The van der Waals surface area contributed by atoms with Crippen molar-refractivity contribution in [1.29, 1.82) is 0 Å². The second kappa shape index (κ2) is 7.50. The molecule has 0 aromatic carbocycles. The highest BCUT2D eigenvalue weighted by Crippen LogP contribution is 2.29. The first kappa shape index (κ1) is 17.8. The van der Waals surface area contributed by atoms with Crippen molar-refractivity contribution in [3.8, 4) is 10.9 Å². The minimum atomic E-state index is -2.84. The molecule has 0 radical (unpaired) electrons. The summed E-state index contributed by atoms with van der Waals surface area (Å²) >= 11 is 7.10. The van der Waals surface area contributed by atoms with Gasteiger partial charge in [0.1, 0.15) is 11.0 Å². The Balaban J connectivity index is 1.82. The van der Waals surface area contributed by atoms with Crippen molar-refractivity contribution in [3.63, 3.8) is 0 Å². The molecule has 0 bridgehead atoms. The zero-order valence-electron chi connectivity index (χ0n) is 12.6. The van der Waals surface area contributed by atoms with Crippen LogP contribution < -0.4 is 4.31 Å².